The predicted octanol–water partition coefficient (Wildman–Crippen LogP) is 3.08. The molecule has 28 heavy (non-hydrogen) atoms. The molecule has 2 aromatic rings. The van der Waals surface area contributed by atoms with Crippen LogP contribution in [0.5, 0.6) is 17.4 Å². The van der Waals surface area contributed by atoms with Crippen molar-refractivity contribution in [2.24, 2.45) is 0 Å². The maximum atomic E-state index is 12.7. The summed E-state index contributed by atoms with van der Waals surface area (Å²) in [5.41, 5.74) is 1.08. The molecule has 0 spiro atoms. The Morgan fingerprint density at radius 1 is 1.00 bits per heavy atom. The summed E-state index contributed by atoms with van der Waals surface area (Å²) in [5, 5.41) is 0. The maximum absolute atomic E-state index is 12.7. The molecule has 0 unspecified atom stereocenters. The second kappa shape index (κ2) is 8.79. The van der Waals surface area contributed by atoms with Gasteiger partial charge in [0, 0.05) is 24.4 Å². The second-order valence-electron chi connectivity index (χ2n) is 6.90. The third kappa shape index (κ3) is 4.94. The van der Waals surface area contributed by atoms with E-state index in [1.165, 1.54) is 26.4 Å². The molecule has 1 fully saturated rings. The summed E-state index contributed by atoms with van der Waals surface area (Å²) in [7, 11) is -0.648. The zero-order chi connectivity index (χ0) is 20.1. The lowest BCUT2D eigenvalue weighted by Gasteiger charge is -2.29. The number of nitrogens with one attached hydrogen (secondary N) is 1. The SMILES string of the molecule is COc1ccc(S(=O)(=O)NC2CCC(Oc3ccc(C)cn3)CC2)cc1OC. The van der Waals surface area contributed by atoms with Crippen LogP contribution in [0.25, 0.3) is 0 Å². The van der Waals surface area contributed by atoms with Crippen LogP contribution >= 0.6 is 0 Å². The van der Waals surface area contributed by atoms with E-state index in [9.17, 15) is 8.42 Å². The first kappa shape index (κ1) is 20.4. The molecule has 1 aromatic heterocycles. The van der Waals surface area contributed by atoms with Crippen LogP contribution < -0.4 is 18.9 Å². The van der Waals surface area contributed by atoms with E-state index in [0.717, 1.165) is 18.4 Å². The molecule has 0 amide bonds. The van der Waals surface area contributed by atoms with Crippen molar-refractivity contribution in [1.82, 2.24) is 9.71 Å². The standard InChI is InChI=1S/C20H26N2O5S/c1-14-4-11-20(21-13-14)27-16-7-5-15(6-8-16)22-28(23,24)17-9-10-18(25-2)19(12-17)26-3/h4,9-13,15-16,22H,5-8H2,1-3H3. The summed E-state index contributed by atoms with van der Waals surface area (Å²) in [6.07, 6.45) is 4.80. The van der Waals surface area contributed by atoms with Gasteiger partial charge in [-0.2, -0.15) is 0 Å². The first-order valence-electron chi connectivity index (χ1n) is 9.25. The van der Waals surface area contributed by atoms with Gasteiger partial charge >= 0.3 is 0 Å². The van der Waals surface area contributed by atoms with Crippen molar-refractivity contribution in [3.05, 3.63) is 42.1 Å². The Morgan fingerprint density at radius 2 is 1.71 bits per heavy atom. The molecule has 1 aliphatic carbocycles. The van der Waals surface area contributed by atoms with Crippen LogP contribution in [0.3, 0.4) is 0 Å². The van der Waals surface area contributed by atoms with Gasteiger partial charge in [0.1, 0.15) is 6.10 Å². The number of nitrogens with zero attached hydrogens (tertiary/aromatic N) is 1. The summed E-state index contributed by atoms with van der Waals surface area (Å²) in [4.78, 5) is 4.42. The molecule has 152 valence electrons. The normalized spacial score (nSPS) is 19.8. The molecule has 0 bridgehead atoms. The molecule has 0 atom stereocenters. The summed E-state index contributed by atoms with van der Waals surface area (Å²) in [5.74, 6) is 1.48. The summed E-state index contributed by atoms with van der Waals surface area (Å²) < 4.78 is 44.5. The molecule has 0 radical (unpaired) electrons. The number of methoxy groups -OCH3 is 2. The van der Waals surface area contributed by atoms with Crippen LogP contribution in [0.4, 0.5) is 0 Å². The minimum Gasteiger partial charge on any atom is -0.493 e. The number of aromatic nitrogens is 1. The third-order valence-electron chi connectivity index (χ3n) is 4.83. The fourth-order valence-corrected chi connectivity index (χ4v) is 4.58. The predicted molar refractivity (Wildman–Crippen MR) is 106 cm³/mol. The van der Waals surface area contributed by atoms with E-state index in [0.29, 0.717) is 30.2 Å². The summed E-state index contributed by atoms with van der Waals surface area (Å²) >= 11 is 0. The lowest BCUT2D eigenvalue weighted by Crippen LogP contribution is -2.39. The van der Waals surface area contributed by atoms with Crippen LogP contribution in [-0.2, 0) is 10.0 Å². The van der Waals surface area contributed by atoms with E-state index >= 15 is 0 Å². The van der Waals surface area contributed by atoms with Gasteiger partial charge in [0.05, 0.1) is 19.1 Å². The molecule has 1 saturated carbocycles. The van der Waals surface area contributed by atoms with Gasteiger partial charge in [0.15, 0.2) is 11.5 Å². The van der Waals surface area contributed by atoms with Gasteiger partial charge < -0.3 is 14.2 Å². The molecular weight excluding hydrogens is 380 g/mol. The van der Waals surface area contributed by atoms with E-state index in [2.05, 4.69) is 9.71 Å². The molecule has 1 aromatic carbocycles. The Balaban J connectivity index is 1.58. The van der Waals surface area contributed by atoms with Gasteiger partial charge in [-0.3, -0.25) is 0 Å². The molecule has 1 heterocycles. The van der Waals surface area contributed by atoms with Gasteiger partial charge in [-0.15, -0.1) is 0 Å². The number of hydrogen-bond acceptors (Lipinski definition) is 6. The van der Waals surface area contributed by atoms with Crippen LogP contribution in [0.2, 0.25) is 0 Å². The number of pyridine rings is 1. The van der Waals surface area contributed by atoms with Crippen LogP contribution in [-0.4, -0.2) is 39.8 Å². The van der Waals surface area contributed by atoms with Crippen LogP contribution in [0, 0.1) is 6.92 Å². The molecule has 7 nitrogen and oxygen atoms in total. The maximum Gasteiger partial charge on any atom is 0.240 e. The van der Waals surface area contributed by atoms with Crippen molar-refractivity contribution < 1.29 is 22.6 Å². The lowest BCUT2D eigenvalue weighted by atomic mass is 9.94. The van der Waals surface area contributed by atoms with E-state index in [1.807, 2.05) is 19.1 Å². The van der Waals surface area contributed by atoms with Gasteiger partial charge in [0.2, 0.25) is 15.9 Å². The van der Waals surface area contributed by atoms with Gasteiger partial charge in [-0.1, -0.05) is 6.07 Å². The Hall–Kier alpha value is -2.32. The molecule has 0 saturated heterocycles. The molecule has 8 heteroatoms. The van der Waals surface area contributed by atoms with E-state index in [1.54, 1.807) is 12.3 Å². The third-order valence-corrected chi connectivity index (χ3v) is 6.35. The highest BCUT2D eigenvalue weighted by atomic mass is 32.2. The van der Waals surface area contributed by atoms with E-state index in [-0.39, 0.29) is 17.0 Å². The smallest absolute Gasteiger partial charge is 0.240 e. The molecular formula is C20H26N2O5S. The minimum atomic E-state index is -3.64. The Kier molecular flexibility index (Phi) is 6.41. The van der Waals surface area contributed by atoms with Crippen molar-refractivity contribution in [3.8, 4) is 17.4 Å². The van der Waals surface area contributed by atoms with Gasteiger partial charge in [-0.25, -0.2) is 18.1 Å². The quantitative estimate of drug-likeness (QED) is 0.760. The number of aryl methyl sites for hydroxylation is 1. The topological polar surface area (TPSA) is 86.8 Å². The fourth-order valence-electron chi connectivity index (χ4n) is 3.26. The number of hydrogen-bond donors (Lipinski definition) is 1. The Bertz CT molecular complexity index is 891. The summed E-state index contributed by atoms with van der Waals surface area (Å²) in [6.45, 7) is 1.98. The second-order valence-corrected chi connectivity index (χ2v) is 8.62. The van der Waals surface area contributed by atoms with Crippen molar-refractivity contribution in [1.29, 1.82) is 0 Å². The zero-order valence-corrected chi connectivity index (χ0v) is 17.2. The Morgan fingerprint density at radius 3 is 2.32 bits per heavy atom. The first-order chi connectivity index (χ1) is 13.4. The van der Waals surface area contributed by atoms with Crippen molar-refractivity contribution in [2.75, 3.05) is 14.2 Å². The number of rotatable bonds is 7. The Labute approximate surface area is 166 Å². The van der Waals surface area contributed by atoms with Gasteiger partial charge in [-0.05, 0) is 50.3 Å². The number of sulfonamides is 1. The van der Waals surface area contributed by atoms with Crippen LogP contribution in [0.15, 0.2) is 41.4 Å². The fraction of sp³-hybridized carbons (Fsp3) is 0.450. The molecule has 1 N–H and O–H groups in total. The highest BCUT2D eigenvalue weighted by Gasteiger charge is 2.27. The first-order valence-corrected chi connectivity index (χ1v) is 10.7. The van der Waals surface area contributed by atoms with Crippen LogP contribution in [0.1, 0.15) is 31.2 Å². The number of benzene rings is 1. The lowest BCUT2D eigenvalue weighted by molar-refractivity contribution is 0.138. The number of ether oxygens (including phenoxy) is 3. The highest BCUT2D eigenvalue weighted by Crippen LogP contribution is 2.30. The van der Waals surface area contributed by atoms with Crippen molar-refractivity contribution in [2.45, 2.75) is 49.6 Å². The van der Waals surface area contributed by atoms with Crippen molar-refractivity contribution >= 4 is 10.0 Å². The molecule has 1 aliphatic rings. The molecule has 3 rings (SSSR count). The minimum absolute atomic E-state index is 0.0528. The highest BCUT2D eigenvalue weighted by molar-refractivity contribution is 7.89. The summed E-state index contributed by atoms with van der Waals surface area (Å²) in [6, 6.07) is 8.28. The van der Waals surface area contributed by atoms with E-state index < -0.39 is 10.0 Å². The van der Waals surface area contributed by atoms with E-state index in [4.69, 9.17) is 14.2 Å². The van der Waals surface area contributed by atoms with Crippen molar-refractivity contribution in [3.63, 3.8) is 0 Å². The average molecular weight is 407 g/mol. The average Bonchev–Trinajstić information content (AvgIpc) is 2.70. The monoisotopic (exact) mass is 406 g/mol. The zero-order valence-electron chi connectivity index (χ0n) is 16.3. The molecule has 0 aliphatic heterocycles. The largest absolute Gasteiger partial charge is 0.493 e. The van der Waals surface area contributed by atoms with Gasteiger partial charge in [0.25, 0.3) is 0 Å².